The van der Waals surface area contributed by atoms with Gasteiger partial charge in [-0.05, 0) is 50.2 Å². The van der Waals surface area contributed by atoms with Crippen molar-refractivity contribution in [2.24, 2.45) is 5.41 Å². The van der Waals surface area contributed by atoms with E-state index in [9.17, 15) is 14.4 Å². The Labute approximate surface area is 190 Å². The smallest absolute Gasteiger partial charge is 0.321 e. The number of likely N-dealkylation sites (tertiary alicyclic amines) is 2. The zero-order valence-electron chi connectivity index (χ0n) is 19.3. The number of para-hydroxylation sites is 2. The molecule has 1 aromatic rings. The Balaban J connectivity index is 1.56. The largest absolute Gasteiger partial charge is 0.495 e. The number of rotatable bonds is 6. The SMILES string of the molecule is C=C(C)C[C@H](NC(C)=O)C(=O)N1CCC2(CCN(C(=O)Nc3ccccc3OC)CC2)C1. The van der Waals surface area contributed by atoms with Crippen molar-refractivity contribution < 1.29 is 19.1 Å². The number of benzene rings is 1. The van der Waals surface area contributed by atoms with E-state index in [4.69, 9.17) is 4.74 Å². The summed E-state index contributed by atoms with van der Waals surface area (Å²) < 4.78 is 5.31. The standard InChI is InChI=1S/C24H34N4O4/c1-17(2)15-20(25-18(3)29)22(30)28-14-11-24(16-28)9-12-27(13-10-24)23(31)26-19-7-5-6-8-21(19)32-4/h5-8,20H,1,9-16H2,2-4H3,(H,25,29)(H,26,31)/t20-/m0/s1. The van der Waals surface area contributed by atoms with Crippen LogP contribution >= 0.6 is 0 Å². The van der Waals surface area contributed by atoms with Crippen molar-refractivity contribution in [3.05, 3.63) is 36.4 Å². The molecule has 1 spiro atoms. The number of methoxy groups -OCH3 is 1. The monoisotopic (exact) mass is 442 g/mol. The number of nitrogens with one attached hydrogen (secondary N) is 2. The zero-order chi connectivity index (χ0) is 23.3. The molecule has 2 aliphatic rings. The van der Waals surface area contributed by atoms with E-state index in [2.05, 4.69) is 17.2 Å². The van der Waals surface area contributed by atoms with Gasteiger partial charge in [-0.1, -0.05) is 17.7 Å². The fraction of sp³-hybridized carbons (Fsp3) is 0.542. The van der Waals surface area contributed by atoms with E-state index in [0.717, 1.165) is 24.8 Å². The molecule has 0 unspecified atom stereocenters. The predicted octanol–water partition coefficient (Wildman–Crippen LogP) is 3.01. The third kappa shape index (κ3) is 5.60. The molecule has 1 atom stereocenters. The molecule has 174 valence electrons. The zero-order valence-corrected chi connectivity index (χ0v) is 19.3. The van der Waals surface area contributed by atoms with Gasteiger partial charge < -0.3 is 25.2 Å². The van der Waals surface area contributed by atoms with Crippen molar-refractivity contribution in [2.45, 2.75) is 45.6 Å². The Hall–Kier alpha value is -3.03. The number of piperidine rings is 1. The summed E-state index contributed by atoms with van der Waals surface area (Å²) in [6.45, 7) is 9.81. The topological polar surface area (TPSA) is 91.0 Å². The molecule has 3 rings (SSSR count). The maximum atomic E-state index is 13.1. The number of ether oxygens (including phenoxy) is 1. The average Bonchev–Trinajstić information content (AvgIpc) is 3.16. The highest BCUT2D eigenvalue weighted by atomic mass is 16.5. The second kappa shape index (κ2) is 10.1. The molecule has 0 aliphatic carbocycles. The van der Waals surface area contributed by atoms with Crippen LogP contribution in [0, 0.1) is 5.41 Å². The van der Waals surface area contributed by atoms with Crippen molar-refractivity contribution in [3.63, 3.8) is 0 Å². The first-order valence-corrected chi connectivity index (χ1v) is 11.1. The van der Waals surface area contributed by atoms with Crippen LogP contribution in [0.25, 0.3) is 0 Å². The van der Waals surface area contributed by atoms with Gasteiger partial charge in [0.2, 0.25) is 11.8 Å². The summed E-state index contributed by atoms with van der Waals surface area (Å²) in [6.07, 6.45) is 3.06. The second-order valence-electron chi connectivity index (χ2n) is 9.04. The molecule has 0 aromatic heterocycles. The van der Waals surface area contributed by atoms with E-state index in [-0.39, 0.29) is 23.3 Å². The minimum Gasteiger partial charge on any atom is -0.495 e. The van der Waals surface area contributed by atoms with Crippen LogP contribution in [0.15, 0.2) is 36.4 Å². The number of hydrogen-bond donors (Lipinski definition) is 2. The summed E-state index contributed by atoms with van der Waals surface area (Å²) in [7, 11) is 1.58. The van der Waals surface area contributed by atoms with Crippen LogP contribution in [0.1, 0.15) is 39.5 Å². The van der Waals surface area contributed by atoms with Gasteiger partial charge in [0.1, 0.15) is 11.8 Å². The summed E-state index contributed by atoms with van der Waals surface area (Å²) >= 11 is 0. The first kappa shape index (κ1) is 23.6. The number of carbonyl (C=O) groups is 3. The number of hydrogen-bond acceptors (Lipinski definition) is 4. The van der Waals surface area contributed by atoms with Gasteiger partial charge in [0.05, 0.1) is 12.8 Å². The van der Waals surface area contributed by atoms with E-state index < -0.39 is 6.04 Å². The van der Waals surface area contributed by atoms with Crippen molar-refractivity contribution in [1.82, 2.24) is 15.1 Å². The third-order valence-corrected chi connectivity index (χ3v) is 6.44. The fourth-order valence-electron chi connectivity index (χ4n) is 4.67. The lowest BCUT2D eigenvalue weighted by molar-refractivity contribution is -0.135. The minimum atomic E-state index is -0.563. The summed E-state index contributed by atoms with van der Waals surface area (Å²) in [5.41, 5.74) is 1.54. The first-order valence-electron chi connectivity index (χ1n) is 11.1. The summed E-state index contributed by atoms with van der Waals surface area (Å²) in [4.78, 5) is 41.1. The van der Waals surface area contributed by atoms with Gasteiger partial charge >= 0.3 is 6.03 Å². The Morgan fingerprint density at radius 3 is 2.31 bits per heavy atom. The molecule has 2 aliphatic heterocycles. The van der Waals surface area contributed by atoms with E-state index in [0.29, 0.717) is 44.0 Å². The Bertz CT molecular complexity index is 861. The molecule has 32 heavy (non-hydrogen) atoms. The molecule has 8 nitrogen and oxygen atoms in total. The van der Waals surface area contributed by atoms with Crippen LogP contribution in [-0.4, -0.2) is 67.0 Å². The molecule has 4 amide bonds. The van der Waals surface area contributed by atoms with Gasteiger partial charge in [0.25, 0.3) is 0 Å². The van der Waals surface area contributed by atoms with Crippen molar-refractivity contribution in [3.8, 4) is 5.75 Å². The summed E-state index contributed by atoms with van der Waals surface area (Å²) in [6, 6.07) is 6.65. The normalized spacial score (nSPS) is 18.2. The molecule has 1 aromatic carbocycles. The van der Waals surface area contributed by atoms with Crippen LogP contribution in [0.2, 0.25) is 0 Å². The molecule has 2 N–H and O–H groups in total. The molecular formula is C24H34N4O4. The van der Waals surface area contributed by atoms with Gasteiger partial charge in [-0.2, -0.15) is 0 Å². The molecular weight excluding hydrogens is 408 g/mol. The van der Waals surface area contributed by atoms with Crippen LogP contribution in [0.3, 0.4) is 0 Å². The lowest BCUT2D eigenvalue weighted by Crippen LogP contribution is -2.49. The Kier molecular flexibility index (Phi) is 7.43. The van der Waals surface area contributed by atoms with E-state index in [1.165, 1.54) is 6.92 Å². The van der Waals surface area contributed by atoms with E-state index in [1.807, 2.05) is 41.0 Å². The lowest BCUT2D eigenvalue weighted by Gasteiger charge is -2.39. The maximum Gasteiger partial charge on any atom is 0.321 e. The number of carbonyl (C=O) groups excluding carboxylic acids is 3. The van der Waals surface area contributed by atoms with Crippen LogP contribution in [-0.2, 0) is 9.59 Å². The van der Waals surface area contributed by atoms with Crippen LogP contribution in [0.4, 0.5) is 10.5 Å². The molecule has 8 heteroatoms. The number of anilines is 1. The van der Waals surface area contributed by atoms with Gasteiger partial charge in [-0.25, -0.2) is 4.79 Å². The second-order valence-corrected chi connectivity index (χ2v) is 9.04. The fourth-order valence-corrected chi connectivity index (χ4v) is 4.67. The molecule has 2 saturated heterocycles. The molecule has 0 bridgehead atoms. The van der Waals surface area contributed by atoms with Gasteiger partial charge in [0.15, 0.2) is 0 Å². The average molecular weight is 443 g/mol. The van der Waals surface area contributed by atoms with E-state index in [1.54, 1.807) is 7.11 Å². The number of urea groups is 1. The minimum absolute atomic E-state index is 0.0286. The highest BCUT2D eigenvalue weighted by molar-refractivity contribution is 5.91. The van der Waals surface area contributed by atoms with Crippen molar-refractivity contribution >= 4 is 23.5 Å². The maximum absolute atomic E-state index is 13.1. The van der Waals surface area contributed by atoms with Crippen molar-refractivity contribution in [2.75, 3.05) is 38.6 Å². The van der Waals surface area contributed by atoms with Crippen molar-refractivity contribution in [1.29, 1.82) is 0 Å². The Morgan fingerprint density at radius 1 is 1.09 bits per heavy atom. The third-order valence-electron chi connectivity index (χ3n) is 6.44. The summed E-state index contributed by atoms with van der Waals surface area (Å²) in [5.74, 6) is 0.368. The number of nitrogens with zero attached hydrogens (tertiary/aromatic N) is 2. The molecule has 2 fully saturated rings. The lowest BCUT2D eigenvalue weighted by atomic mass is 9.78. The Morgan fingerprint density at radius 2 is 1.72 bits per heavy atom. The molecule has 2 heterocycles. The van der Waals surface area contributed by atoms with Gasteiger partial charge in [-0.3, -0.25) is 9.59 Å². The highest BCUT2D eigenvalue weighted by Gasteiger charge is 2.43. The van der Waals surface area contributed by atoms with Gasteiger partial charge in [0, 0.05) is 33.1 Å². The van der Waals surface area contributed by atoms with Gasteiger partial charge in [-0.15, -0.1) is 6.58 Å². The number of amides is 4. The summed E-state index contributed by atoms with van der Waals surface area (Å²) in [5, 5.41) is 5.71. The quantitative estimate of drug-likeness (QED) is 0.663. The predicted molar refractivity (Wildman–Crippen MR) is 123 cm³/mol. The van der Waals surface area contributed by atoms with Crippen LogP contribution in [0.5, 0.6) is 5.75 Å². The molecule has 0 radical (unpaired) electrons. The van der Waals surface area contributed by atoms with E-state index >= 15 is 0 Å². The first-order chi connectivity index (χ1) is 15.2. The highest BCUT2D eigenvalue weighted by Crippen LogP contribution is 2.41. The molecule has 0 saturated carbocycles. The van der Waals surface area contributed by atoms with Crippen LogP contribution < -0.4 is 15.4 Å².